The van der Waals surface area contributed by atoms with Gasteiger partial charge in [0.15, 0.2) is 21.5 Å². The van der Waals surface area contributed by atoms with Crippen LogP contribution in [0.1, 0.15) is 30.1 Å². The van der Waals surface area contributed by atoms with Crippen molar-refractivity contribution in [3.8, 4) is 5.75 Å². The van der Waals surface area contributed by atoms with Gasteiger partial charge in [0.05, 0.1) is 17.3 Å². The first-order chi connectivity index (χ1) is 19.3. The predicted octanol–water partition coefficient (Wildman–Crippen LogP) is 4.63. The molecule has 2 N–H and O–H groups in total. The van der Waals surface area contributed by atoms with Crippen LogP contribution in [0.3, 0.4) is 0 Å². The van der Waals surface area contributed by atoms with E-state index in [2.05, 4.69) is 27.8 Å². The molecule has 8 nitrogen and oxygen atoms in total. The van der Waals surface area contributed by atoms with Gasteiger partial charge in [-0.15, -0.1) is 6.58 Å². The van der Waals surface area contributed by atoms with Gasteiger partial charge in [0, 0.05) is 41.6 Å². The number of aliphatic hydroxyl groups is 1. The first-order valence-electron chi connectivity index (χ1n) is 12.8. The topological polar surface area (TPSA) is 114 Å². The van der Waals surface area contributed by atoms with Crippen molar-refractivity contribution in [2.45, 2.75) is 29.4 Å². The summed E-state index contributed by atoms with van der Waals surface area (Å²) in [6.07, 6.45) is 1.04. The number of hydrogen-bond acceptors (Lipinski definition) is 7. The number of benzene rings is 3. The Labute approximate surface area is 242 Å². The number of aliphatic imine (C=N–C) groups is 1. The predicted molar refractivity (Wildman–Crippen MR) is 157 cm³/mol. The first kappa shape index (κ1) is 29.5. The van der Waals surface area contributed by atoms with Crippen molar-refractivity contribution < 1.29 is 27.8 Å². The zero-order valence-electron chi connectivity index (χ0n) is 21.8. The van der Waals surface area contributed by atoms with E-state index >= 15 is 0 Å². The first-order valence-corrected chi connectivity index (χ1v) is 15.3. The average molecular weight is 628 g/mol. The van der Waals surface area contributed by atoms with Crippen LogP contribution in [0.4, 0.5) is 0 Å². The molecule has 1 amide bonds. The Kier molecular flexibility index (Phi) is 9.78. The van der Waals surface area contributed by atoms with Crippen molar-refractivity contribution in [1.82, 2.24) is 5.32 Å². The molecule has 210 valence electrons. The largest absolute Gasteiger partial charge is 0.494 e. The van der Waals surface area contributed by atoms with Gasteiger partial charge in [-0.3, -0.25) is 4.79 Å². The molecule has 10 heteroatoms. The molecule has 1 heterocycles. The highest BCUT2D eigenvalue weighted by Gasteiger charge is 2.54. The van der Waals surface area contributed by atoms with Gasteiger partial charge in [0.2, 0.25) is 5.90 Å². The number of carbonyl (C=O) groups excluding carboxylic acids is 1. The van der Waals surface area contributed by atoms with E-state index in [1.807, 2.05) is 24.3 Å². The number of sulfone groups is 1. The number of halogens is 1. The monoisotopic (exact) mass is 626 g/mol. The maximum Gasteiger partial charge on any atom is 0.252 e. The van der Waals surface area contributed by atoms with E-state index in [1.54, 1.807) is 48.5 Å². The van der Waals surface area contributed by atoms with Crippen LogP contribution >= 0.6 is 15.9 Å². The van der Waals surface area contributed by atoms with Crippen LogP contribution in [0.5, 0.6) is 5.75 Å². The maximum absolute atomic E-state index is 13.9. The van der Waals surface area contributed by atoms with Gasteiger partial charge in [-0.25, -0.2) is 13.4 Å². The second-order valence-corrected chi connectivity index (χ2v) is 12.2. The van der Waals surface area contributed by atoms with E-state index in [-0.39, 0.29) is 36.1 Å². The molecular weight excluding hydrogens is 596 g/mol. The summed E-state index contributed by atoms with van der Waals surface area (Å²) in [6.45, 7) is 4.28. The molecule has 0 aliphatic carbocycles. The lowest BCUT2D eigenvalue weighted by Crippen LogP contribution is -2.49. The fraction of sp³-hybridized carbons (Fsp3) is 0.267. The third kappa shape index (κ3) is 6.63. The molecule has 0 saturated carbocycles. The van der Waals surface area contributed by atoms with Crippen LogP contribution in [0.2, 0.25) is 0 Å². The van der Waals surface area contributed by atoms with Gasteiger partial charge in [0.25, 0.3) is 5.91 Å². The van der Waals surface area contributed by atoms with Crippen molar-refractivity contribution in [2.24, 2.45) is 4.99 Å². The van der Waals surface area contributed by atoms with Crippen LogP contribution in [-0.4, -0.2) is 56.4 Å². The lowest BCUT2D eigenvalue weighted by molar-refractivity contribution is -0.128. The summed E-state index contributed by atoms with van der Waals surface area (Å²) in [6, 6.07) is 22.5. The van der Waals surface area contributed by atoms with Gasteiger partial charge in [-0.1, -0.05) is 58.4 Å². The molecule has 0 spiro atoms. The van der Waals surface area contributed by atoms with E-state index in [1.165, 1.54) is 12.1 Å². The molecule has 4 rings (SSSR count). The minimum atomic E-state index is -3.73. The zero-order valence-corrected chi connectivity index (χ0v) is 24.2. The van der Waals surface area contributed by atoms with E-state index in [9.17, 15) is 13.2 Å². The Hall–Kier alpha value is -3.47. The molecule has 3 aromatic rings. The van der Waals surface area contributed by atoms with Crippen LogP contribution < -0.4 is 10.1 Å². The highest BCUT2D eigenvalue weighted by molar-refractivity contribution is 9.10. The highest BCUT2D eigenvalue weighted by Crippen LogP contribution is 2.45. The summed E-state index contributed by atoms with van der Waals surface area (Å²) >= 11 is 3.57. The van der Waals surface area contributed by atoms with Crippen molar-refractivity contribution >= 4 is 37.6 Å². The Morgan fingerprint density at radius 1 is 1.10 bits per heavy atom. The summed E-state index contributed by atoms with van der Waals surface area (Å²) in [7, 11) is -3.73. The molecule has 0 saturated heterocycles. The molecule has 0 aromatic heterocycles. The summed E-state index contributed by atoms with van der Waals surface area (Å²) in [5.41, 5.74) is -0.313. The number of ether oxygens (including phenoxy) is 2. The Morgan fingerprint density at radius 3 is 2.48 bits per heavy atom. The summed E-state index contributed by atoms with van der Waals surface area (Å²) in [5, 5.41) is 11.8. The number of amides is 1. The van der Waals surface area contributed by atoms with Crippen molar-refractivity contribution in [1.29, 1.82) is 0 Å². The molecule has 0 radical (unpaired) electrons. The molecule has 0 fully saturated rings. The molecule has 0 bridgehead atoms. The standard InChI is InChI=1S/C30H31BrN2O6S/c1-2-18-32-29(35)30(17-21-40(36,37)24-9-4-3-5-10-24)27(25-11-6-7-12-26(25)31)39-28(33-30)22-13-15-23(16-14-22)38-20-8-19-34/h2-7,9-16,27,34H,1,8,17-21H2,(H,32,35)/t27-,30-/m1/s1. The number of nitrogens with one attached hydrogen (secondary N) is 1. The SMILES string of the molecule is C=CCNC(=O)[C@]1(CCS(=O)(=O)c2ccccc2)N=C(c2ccc(OCCCO)cc2)O[C@@H]1c1ccccc1Br. The lowest BCUT2D eigenvalue weighted by Gasteiger charge is -2.31. The van der Waals surface area contributed by atoms with Crippen molar-refractivity contribution in [2.75, 3.05) is 25.5 Å². The normalized spacial score (nSPS) is 18.4. The fourth-order valence-electron chi connectivity index (χ4n) is 4.39. The van der Waals surface area contributed by atoms with Crippen molar-refractivity contribution in [3.05, 3.63) is 107 Å². The van der Waals surface area contributed by atoms with Crippen LogP contribution in [0.15, 0.2) is 106 Å². The number of aliphatic hydroxyl groups excluding tert-OH is 1. The van der Waals surface area contributed by atoms with E-state index < -0.39 is 27.4 Å². The summed E-state index contributed by atoms with van der Waals surface area (Å²) in [4.78, 5) is 18.9. The molecule has 1 aliphatic rings. The summed E-state index contributed by atoms with van der Waals surface area (Å²) in [5.74, 6) is 0.0445. The van der Waals surface area contributed by atoms with Gasteiger partial charge in [-0.2, -0.15) is 0 Å². The Balaban J connectivity index is 1.76. The van der Waals surface area contributed by atoms with Gasteiger partial charge >= 0.3 is 0 Å². The highest BCUT2D eigenvalue weighted by atomic mass is 79.9. The third-order valence-corrected chi connectivity index (χ3v) is 8.93. The fourth-order valence-corrected chi connectivity index (χ4v) is 6.27. The molecule has 2 atom stereocenters. The molecule has 0 unspecified atom stereocenters. The molecule has 3 aromatic carbocycles. The average Bonchev–Trinajstić information content (AvgIpc) is 3.37. The Morgan fingerprint density at radius 2 is 1.80 bits per heavy atom. The van der Waals surface area contributed by atoms with E-state index in [4.69, 9.17) is 19.6 Å². The minimum Gasteiger partial charge on any atom is -0.494 e. The smallest absolute Gasteiger partial charge is 0.252 e. The number of rotatable bonds is 13. The number of nitrogens with zero attached hydrogens (tertiary/aromatic N) is 1. The summed E-state index contributed by atoms with van der Waals surface area (Å²) < 4.78 is 39.3. The molecular formula is C30H31BrN2O6S. The van der Waals surface area contributed by atoms with Crippen LogP contribution in [-0.2, 0) is 19.4 Å². The van der Waals surface area contributed by atoms with Gasteiger partial charge in [-0.05, 0) is 42.5 Å². The zero-order chi connectivity index (χ0) is 28.6. The minimum absolute atomic E-state index is 0.0369. The second-order valence-electron chi connectivity index (χ2n) is 9.19. The number of carbonyl (C=O) groups is 1. The van der Waals surface area contributed by atoms with Gasteiger partial charge < -0.3 is 19.9 Å². The second kappa shape index (κ2) is 13.3. The van der Waals surface area contributed by atoms with Crippen molar-refractivity contribution in [3.63, 3.8) is 0 Å². The molecule has 1 aliphatic heterocycles. The van der Waals surface area contributed by atoms with Crippen LogP contribution in [0, 0.1) is 0 Å². The van der Waals surface area contributed by atoms with E-state index in [0.717, 1.165) is 0 Å². The maximum atomic E-state index is 13.9. The Bertz CT molecular complexity index is 1460. The van der Waals surface area contributed by atoms with Gasteiger partial charge in [0.1, 0.15) is 5.75 Å². The molecule has 40 heavy (non-hydrogen) atoms. The van der Waals surface area contributed by atoms with E-state index in [0.29, 0.717) is 34.4 Å². The van der Waals surface area contributed by atoms with Crippen LogP contribution in [0.25, 0.3) is 0 Å². The lowest BCUT2D eigenvalue weighted by atomic mass is 9.85. The quantitative estimate of drug-likeness (QED) is 0.211. The third-order valence-electron chi connectivity index (χ3n) is 6.48. The number of hydrogen-bond donors (Lipinski definition) is 2.